The Morgan fingerprint density at radius 1 is 1.19 bits per heavy atom. The third-order valence-electron chi connectivity index (χ3n) is 4.70. The van der Waals surface area contributed by atoms with Crippen molar-refractivity contribution < 1.29 is 19.1 Å². The van der Waals surface area contributed by atoms with Crippen LogP contribution >= 0.6 is 23.2 Å². The minimum atomic E-state index is -0.531. The molecule has 0 radical (unpaired) electrons. The Balaban J connectivity index is 2.06. The van der Waals surface area contributed by atoms with Crippen LogP contribution in [0.3, 0.4) is 0 Å². The topological polar surface area (TPSA) is 67.9 Å². The van der Waals surface area contributed by atoms with Crippen LogP contribution in [0.5, 0.6) is 5.75 Å². The number of amides is 2. The molecule has 0 saturated heterocycles. The summed E-state index contributed by atoms with van der Waals surface area (Å²) in [4.78, 5) is 25.3. The number of halogens is 2. The van der Waals surface area contributed by atoms with Crippen molar-refractivity contribution in [3.05, 3.63) is 22.2 Å². The Kier molecular flexibility index (Phi) is 7.01. The van der Waals surface area contributed by atoms with E-state index in [1.165, 1.54) is 25.5 Å². The van der Waals surface area contributed by atoms with Crippen molar-refractivity contribution in [3.63, 3.8) is 0 Å². The summed E-state index contributed by atoms with van der Waals surface area (Å²) in [6.45, 7) is 1.93. The number of carbonyl (C=O) groups excluding carboxylic acids is 2. The van der Waals surface area contributed by atoms with Gasteiger partial charge in [0, 0.05) is 12.5 Å². The first kappa shape index (κ1) is 20.6. The summed E-state index contributed by atoms with van der Waals surface area (Å²) in [7, 11) is 2.81. The zero-order valence-corrected chi connectivity index (χ0v) is 16.7. The molecule has 1 aliphatic rings. The van der Waals surface area contributed by atoms with E-state index in [9.17, 15) is 9.59 Å². The number of benzene rings is 1. The van der Waals surface area contributed by atoms with E-state index in [0.717, 1.165) is 25.7 Å². The van der Waals surface area contributed by atoms with Crippen LogP contribution < -0.4 is 10.1 Å². The van der Waals surface area contributed by atoms with Gasteiger partial charge in [0.2, 0.25) is 5.91 Å². The number of ether oxygens (including phenoxy) is 2. The second-order valence-electron chi connectivity index (χ2n) is 6.76. The van der Waals surface area contributed by atoms with Gasteiger partial charge in [0.25, 0.3) is 0 Å². The van der Waals surface area contributed by atoms with E-state index in [-0.39, 0.29) is 28.1 Å². The maximum absolute atomic E-state index is 12.7. The van der Waals surface area contributed by atoms with Gasteiger partial charge in [-0.3, -0.25) is 9.69 Å². The van der Waals surface area contributed by atoms with E-state index >= 15 is 0 Å². The number of nitrogens with zero attached hydrogens (tertiary/aromatic N) is 1. The van der Waals surface area contributed by atoms with Crippen molar-refractivity contribution in [3.8, 4) is 5.75 Å². The average molecular weight is 403 g/mol. The van der Waals surface area contributed by atoms with Crippen LogP contribution in [0.4, 0.5) is 10.5 Å². The fraction of sp³-hybridized carbons (Fsp3) is 0.556. The quantitative estimate of drug-likeness (QED) is 0.708. The molecule has 0 unspecified atom stereocenters. The van der Waals surface area contributed by atoms with Crippen LogP contribution in [-0.4, -0.2) is 37.8 Å². The lowest BCUT2D eigenvalue weighted by Gasteiger charge is -2.32. The van der Waals surface area contributed by atoms with Crippen LogP contribution in [-0.2, 0) is 9.53 Å². The lowest BCUT2D eigenvalue weighted by Crippen LogP contribution is -2.35. The fourth-order valence-electron chi connectivity index (χ4n) is 2.95. The number of methoxy groups -OCH3 is 1. The van der Waals surface area contributed by atoms with Crippen molar-refractivity contribution in [2.24, 2.45) is 5.41 Å². The molecule has 8 heteroatoms. The molecule has 6 nitrogen and oxygen atoms in total. The van der Waals surface area contributed by atoms with Gasteiger partial charge >= 0.3 is 6.09 Å². The molecule has 0 bridgehead atoms. The van der Waals surface area contributed by atoms with Gasteiger partial charge < -0.3 is 14.8 Å². The first-order valence-electron chi connectivity index (χ1n) is 8.50. The number of hydrogen-bond donors (Lipinski definition) is 1. The molecular formula is C18H24Cl2N2O4. The van der Waals surface area contributed by atoms with E-state index in [2.05, 4.69) is 10.1 Å². The Bertz CT molecular complexity index is 675. The molecule has 26 heavy (non-hydrogen) atoms. The third kappa shape index (κ3) is 4.74. The number of anilines is 1. The molecule has 0 spiro atoms. The van der Waals surface area contributed by atoms with Crippen molar-refractivity contribution in [1.82, 2.24) is 4.90 Å². The third-order valence-corrected chi connectivity index (χ3v) is 5.56. The molecule has 1 aliphatic carbocycles. The van der Waals surface area contributed by atoms with E-state index < -0.39 is 6.09 Å². The zero-order chi connectivity index (χ0) is 19.3. The average Bonchev–Trinajstić information content (AvgIpc) is 2.64. The molecule has 1 saturated carbocycles. The number of hydrogen-bond acceptors (Lipinski definition) is 4. The highest BCUT2D eigenvalue weighted by Crippen LogP contribution is 2.40. The normalized spacial score (nSPS) is 15.9. The SMILES string of the molecule is COC(=O)N(C)COc1ccc(NC(=O)C2(C)CCCCC2)c(Cl)c1Cl. The van der Waals surface area contributed by atoms with Gasteiger partial charge in [-0.05, 0) is 25.0 Å². The Morgan fingerprint density at radius 2 is 1.85 bits per heavy atom. The molecule has 144 valence electrons. The highest BCUT2D eigenvalue weighted by atomic mass is 35.5. The van der Waals surface area contributed by atoms with Gasteiger partial charge in [0.1, 0.15) is 10.8 Å². The summed E-state index contributed by atoms with van der Waals surface area (Å²) in [6.07, 6.45) is 4.48. The molecule has 1 aromatic carbocycles. The predicted octanol–water partition coefficient (Wildman–Crippen LogP) is 4.94. The van der Waals surface area contributed by atoms with Crippen LogP contribution in [0, 0.1) is 5.41 Å². The lowest BCUT2D eigenvalue weighted by atomic mass is 9.75. The highest BCUT2D eigenvalue weighted by molar-refractivity contribution is 6.44. The summed E-state index contributed by atoms with van der Waals surface area (Å²) in [5.74, 6) is 0.267. The minimum absolute atomic E-state index is 0.0470. The van der Waals surface area contributed by atoms with Gasteiger partial charge in [0.15, 0.2) is 6.73 Å². The van der Waals surface area contributed by atoms with Crippen molar-refractivity contribution in [1.29, 1.82) is 0 Å². The number of nitrogens with one attached hydrogen (secondary N) is 1. The molecule has 0 aromatic heterocycles. The molecule has 1 aromatic rings. The summed E-state index contributed by atoms with van der Waals surface area (Å²) in [6, 6.07) is 3.25. The van der Waals surface area contributed by atoms with Crippen LogP contribution in [0.15, 0.2) is 12.1 Å². The Morgan fingerprint density at radius 3 is 2.46 bits per heavy atom. The maximum Gasteiger partial charge on any atom is 0.411 e. The first-order valence-corrected chi connectivity index (χ1v) is 9.25. The van der Waals surface area contributed by atoms with Gasteiger partial charge in [0.05, 0.1) is 17.8 Å². The maximum atomic E-state index is 12.7. The summed E-state index contributed by atoms with van der Waals surface area (Å²) in [5.41, 5.74) is 0.0639. The second-order valence-corrected chi connectivity index (χ2v) is 7.51. The van der Waals surface area contributed by atoms with Crippen molar-refractivity contribution in [2.75, 3.05) is 26.2 Å². The van der Waals surface area contributed by atoms with Gasteiger partial charge in [-0.2, -0.15) is 0 Å². The molecule has 1 fully saturated rings. The van der Waals surface area contributed by atoms with Crippen molar-refractivity contribution in [2.45, 2.75) is 39.0 Å². The summed E-state index contributed by atoms with van der Waals surface area (Å²) >= 11 is 12.6. The minimum Gasteiger partial charge on any atom is -0.471 e. The van der Waals surface area contributed by atoms with E-state index in [0.29, 0.717) is 11.4 Å². The summed E-state index contributed by atoms with van der Waals surface area (Å²) in [5, 5.41) is 3.27. The smallest absolute Gasteiger partial charge is 0.411 e. The number of carbonyl (C=O) groups is 2. The van der Waals surface area contributed by atoms with Crippen LogP contribution in [0.25, 0.3) is 0 Å². The Labute approximate surface area is 163 Å². The van der Waals surface area contributed by atoms with Gasteiger partial charge in [-0.1, -0.05) is 49.4 Å². The molecular weight excluding hydrogens is 379 g/mol. The summed E-state index contributed by atoms with van der Waals surface area (Å²) < 4.78 is 10.1. The largest absolute Gasteiger partial charge is 0.471 e. The highest BCUT2D eigenvalue weighted by Gasteiger charge is 2.34. The van der Waals surface area contributed by atoms with Gasteiger partial charge in [-0.25, -0.2) is 4.79 Å². The monoisotopic (exact) mass is 402 g/mol. The van der Waals surface area contributed by atoms with E-state index in [4.69, 9.17) is 27.9 Å². The predicted molar refractivity (Wildman–Crippen MR) is 102 cm³/mol. The molecule has 2 rings (SSSR count). The number of rotatable bonds is 5. The molecule has 0 heterocycles. The lowest BCUT2D eigenvalue weighted by molar-refractivity contribution is -0.126. The fourth-order valence-corrected chi connectivity index (χ4v) is 3.37. The second kappa shape index (κ2) is 8.82. The van der Waals surface area contributed by atoms with Crippen LogP contribution in [0.1, 0.15) is 39.0 Å². The Hall–Kier alpha value is -1.66. The standard InChI is InChI=1S/C18H24Cl2N2O4/c1-18(9-5-4-6-10-18)16(23)21-12-7-8-13(15(20)14(12)19)26-11-22(2)17(24)25-3/h7-8H,4-6,9-11H2,1-3H3,(H,21,23). The molecule has 0 aliphatic heterocycles. The van der Waals surface area contributed by atoms with E-state index in [1.807, 2.05) is 6.92 Å². The molecule has 1 N–H and O–H groups in total. The van der Waals surface area contributed by atoms with E-state index in [1.54, 1.807) is 12.1 Å². The zero-order valence-electron chi connectivity index (χ0n) is 15.2. The first-order chi connectivity index (χ1) is 12.3. The molecule has 2 amide bonds. The van der Waals surface area contributed by atoms with Crippen molar-refractivity contribution >= 4 is 40.9 Å². The van der Waals surface area contributed by atoms with Crippen LogP contribution in [0.2, 0.25) is 10.0 Å². The van der Waals surface area contributed by atoms with Gasteiger partial charge in [-0.15, -0.1) is 0 Å². The molecule has 0 atom stereocenters.